The summed E-state index contributed by atoms with van der Waals surface area (Å²) in [6, 6.07) is 10.7. The molecule has 2 atom stereocenters. The maximum absolute atomic E-state index is 11.6. The van der Waals surface area contributed by atoms with E-state index in [0.29, 0.717) is 18.9 Å². The summed E-state index contributed by atoms with van der Waals surface area (Å²) in [5.41, 5.74) is 1.47. The number of rotatable bonds is 10. The molecule has 0 bridgehead atoms. The number of carboxylic acids is 1. The molecule has 1 aromatic rings. The third kappa shape index (κ3) is 5.68. The zero-order valence-corrected chi connectivity index (χ0v) is 18.9. The summed E-state index contributed by atoms with van der Waals surface area (Å²) in [5.74, 6) is -0.664. The topological polar surface area (TPSA) is 46.5 Å². The first kappa shape index (κ1) is 22.9. The van der Waals surface area contributed by atoms with Crippen LogP contribution in [-0.4, -0.2) is 26.7 Å². The van der Waals surface area contributed by atoms with E-state index >= 15 is 0 Å². The molecule has 4 heteroatoms. The maximum Gasteiger partial charge on any atom is 0.308 e. The van der Waals surface area contributed by atoms with E-state index in [9.17, 15) is 9.90 Å². The van der Waals surface area contributed by atoms with Crippen LogP contribution < -0.4 is 0 Å². The van der Waals surface area contributed by atoms with Gasteiger partial charge in [-0.25, -0.2) is 0 Å². The minimum atomic E-state index is -1.19. The second kappa shape index (κ2) is 9.70. The van der Waals surface area contributed by atoms with E-state index < -0.39 is 20.9 Å². The molecular weight excluding hydrogens is 340 g/mol. The lowest BCUT2D eigenvalue weighted by Crippen LogP contribution is -2.45. The number of carboxylic acid groups (broad SMARTS) is 1. The standard InChI is InChI=1S/C22H38O3Si/c1-17(2)22(21(3,4)5,19-13-9-8-10-14-19)15-11-12-18(20(23)24)16-25-26(6)7/h8-10,13-14,17-18,26H,11-12,15-16H2,1-7H3,(H,23,24). The predicted molar refractivity (Wildman–Crippen MR) is 112 cm³/mol. The van der Waals surface area contributed by atoms with Gasteiger partial charge >= 0.3 is 5.97 Å². The van der Waals surface area contributed by atoms with Gasteiger partial charge in [0.15, 0.2) is 9.04 Å². The normalized spacial score (nSPS) is 15.9. The lowest BCUT2D eigenvalue weighted by molar-refractivity contribution is -0.143. The third-order valence-corrected chi connectivity index (χ3v) is 6.58. The van der Waals surface area contributed by atoms with Crippen LogP contribution in [0, 0.1) is 17.3 Å². The van der Waals surface area contributed by atoms with Gasteiger partial charge in [0.2, 0.25) is 0 Å². The molecule has 1 N–H and O–H groups in total. The van der Waals surface area contributed by atoms with Crippen LogP contribution in [0.1, 0.15) is 59.4 Å². The second-order valence-electron chi connectivity index (χ2n) is 9.05. The quantitative estimate of drug-likeness (QED) is 0.547. The molecule has 1 rings (SSSR count). The van der Waals surface area contributed by atoms with Gasteiger partial charge in [0.1, 0.15) is 0 Å². The van der Waals surface area contributed by atoms with Crippen molar-refractivity contribution in [1.29, 1.82) is 0 Å². The summed E-state index contributed by atoms with van der Waals surface area (Å²) in [6.45, 7) is 16.0. The summed E-state index contributed by atoms with van der Waals surface area (Å²) in [4.78, 5) is 11.6. The van der Waals surface area contributed by atoms with Gasteiger partial charge in [-0.15, -0.1) is 0 Å². The molecule has 1 aromatic carbocycles. The molecule has 0 amide bonds. The molecule has 0 saturated heterocycles. The highest BCUT2D eigenvalue weighted by Crippen LogP contribution is 2.50. The van der Waals surface area contributed by atoms with Gasteiger partial charge < -0.3 is 9.53 Å². The van der Waals surface area contributed by atoms with Crippen molar-refractivity contribution in [3.63, 3.8) is 0 Å². The van der Waals surface area contributed by atoms with Crippen LogP contribution in [0.15, 0.2) is 30.3 Å². The molecule has 0 aromatic heterocycles. The van der Waals surface area contributed by atoms with Gasteiger partial charge in [0, 0.05) is 12.0 Å². The van der Waals surface area contributed by atoms with Crippen LogP contribution >= 0.6 is 0 Å². The molecule has 3 nitrogen and oxygen atoms in total. The van der Waals surface area contributed by atoms with Crippen molar-refractivity contribution in [1.82, 2.24) is 0 Å². The lowest BCUT2D eigenvalue weighted by atomic mass is 9.55. The summed E-state index contributed by atoms with van der Waals surface area (Å²) < 4.78 is 5.71. The Morgan fingerprint density at radius 3 is 2.15 bits per heavy atom. The Labute approximate surface area is 161 Å². The number of benzene rings is 1. The SMILES string of the molecule is CC(C)C(CCCC(CO[SiH](C)C)C(=O)O)(c1ccccc1)C(C)(C)C. The highest BCUT2D eigenvalue weighted by atomic mass is 28.3. The fourth-order valence-electron chi connectivity index (χ4n) is 4.39. The van der Waals surface area contributed by atoms with E-state index in [1.165, 1.54) is 5.56 Å². The minimum absolute atomic E-state index is 0.0188. The largest absolute Gasteiger partial charge is 0.481 e. The lowest BCUT2D eigenvalue weighted by Gasteiger charge is -2.49. The molecule has 0 fully saturated rings. The number of hydrogen-bond donors (Lipinski definition) is 1. The third-order valence-electron chi connectivity index (χ3n) is 5.72. The molecule has 0 aliphatic rings. The van der Waals surface area contributed by atoms with E-state index in [0.717, 1.165) is 12.8 Å². The van der Waals surface area contributed by atoms with E-state index in [1.54, 1.807) is 0 Å². The molecular formula is C22H38O3Si. The molecule has 0 heterocycles. The van der Waals surface area contributed by atoms with Crippen molar-refractivity contribution in [2.45, 2.75) is 72.4 Å². The number of hydrogen-bond acceptors (Lipinski definition) is 2. The Kier molecular flexibility index (Phi) is 8.55. The summed E-state index contributed by atoms with van der Waals surface area (Å²) in [7, 11) is -1.19. The van der Waals surface area contributed by atoms with Crippen LogP contribution in [0.5, 0.6) is 0 Å². The van der Waals surface area contributed by atoms with Gasteiger partial charge in [-0.05, 0) is 42.8 Å². The van der Waals surface area contributed by atoms with Crippen LogP contribution in [-0.2, 0) is 14.6 Å². The van der Waals surface area contributed by atoms with Crippen molar-refractivity contribution in [3.8, 4) is 0 Å². The van der Waals surface area contributed by atoms with Gasteiger partial charge in [0.05, 0.1) is 5.92 Å². The molecule has 148 valence electrons. The zero-order chi connectivity index (χ0) is 20.0. The fourth-order valence-corrected chi connectivity index (χ4v) is 5.01. The maximum atomic E-state index is 11.6. The van der Waals surface area contributed by atoms with Crippen LogP contribution in [0.3, 0.4) is 0 Å². The highest BCUT2D eigenvalue weighted by Gasteiger charge is 2.45. The zero-order valence-electron chi connectivity index (χ0n) is 17.7. The van der Waals surface area contributed by atoms with Gasteiger partial charge in [-0.3, -0.25) is 4.79 Å². The summed E-state index contributed by atoms with van der Waals surface area (Å²) >= 11 is 0. The van der Waals surface area contributed by atoms with Crippen molar-refractivity contribution < 1.29 is 14.3 Å². The Hall–Kier alpha value is -1.13. The molecule has 0 radical (unpaired) electrons. The predicted octanol–water partition coefficient (Wildman–Crippen LogP) is 5.50. The highest BCUT2D eigenvalue weighted by molar-refractivity contribution is 6.48. The molecule has 0 aliphatic heterocycles. The van der Waals surface area contributed by atoms with Gasteiger partial charge in [-0.1, -0.05) is 71.4 Å². The van der Waals surface area contributed by atoms with E-state index in [4.69, 9.17) is 4.43 Å². The first-order chi connectivity index (χ1) is 12.0. The average molecular weight is 379 g/mol. The molecule has 0 aliphatic carbocycles. The minimum Gasteiger partial charge on any atom is -0.481 e. The number of carbonyl (C=O) groups is 1. The summed E-state index contributed by atoms with van der Waals surface area (Å²) in [5, 5.41) is 9.54. The first-order valence-electron chi connectivity index (χ1n) is 9.92. The van der Waals surface area contributed by atoms with Crippen molar-refractivity contribution in [3.05, 3.63) is 35.9 Å². The fraction of sp³-hybridized carbons (Fsp3) is 0.682. The summed E-state index contributed by atoms with van der Waals surface area (Å²) in [6.07, 6.45) is 2.55. The van der Waals surface area contributed by atoms with Gasteiger partial charge in [-0.2, -0.15) is 0 Å². The second-order valence-corrected chi connectivity index (χ2v) is 11.5. The van der Waals surface area contributed by atoms with Crippen molar-refractivity contribution in [2.75, 3.05) is 6.61 Å². The number of aliphatic carboxylic acids is 1. The van der Waals surface area contributed by atoms with Crippen LogP contribution in [0.25, 0.3) is 0 Å². The van der Waals surface area contributed by atoms with Crippen LogP contribution in [0.4, 0.5) is 0 Å². The van der Waals surface area contributed by atoms with Gasteiger partial charge in [0.25, 0.3) is 0 Å². The van der Waals surface area contributed by atoms with Crippen LogP contribution in [0.2, 0.25) is 13.1 Å². The van der Waals surface area contributed by atoms with E-state index in [-0.39, 0.29) is 10.8 Å². The molecule has 0 saturated carbocycles. The molecule has 26 heavy (non-hydrogen) atoms. The molecule has 2 unspecified atom stereocenters. The Morgan fingerprint density at radius 2 is 1.73 bits per heavy atom. The first-order valence-corrected chi connectivity index (χ1v) is 12.7. The monoisotopic (exact) mass is 378 g/mol. The van der Waals surface area contributed by atoms with Crippen molar-refractivity contribution >= 4 is 15.0 Å². The van der Waals surface area contributed by atoms with E-state index in [1.807, 2.05) is 0 Å². The van der Waals surface area contributed by atoms with Crippen molar-refractivity contribution in [2.24, 2.45) is 17.3 Å². The smallest absolute Gasteiger partial charge is 0.308 e. The Balaban J connectivity index is 2.99. The Morgan fingerprint density at radius 1 is 1.15 bits per heavy atom. The Bertz CT molecular complexity index is 548. The molecule has 0 spiro atoms. The average Bonchev–Trinajstić information content (AvgIpc) is 2.53. The van der Waals surface area contributed by atoms with E-state index in [2.05, 4.69) is 78.0 Å².